The number of carbonyl (C=O) groups is 2. The number of morpholine rings is 1. The van der Waals surface area contributed by atoms with Gasteiger partial charge in [0.05, 0.1) is 11.5 Å². The third-order valence-electron chi connectivity index (χ3n) is 3.74. The number of benzene rings is 2. The van der Waals surface area contributed by atoms with Crippen molar-refractivity contribution in [3.8, 4) is 0 Å². The summed E-state index contributed by atoms with van der Waals surface area (Å²) in [4.78, 5) is 35.9. The average Bonchev–Trinajstić information content (AvgIpc) is 2.63. The predicted molar refractivity (Wildman–Crippen MR) is 90.7 cm³/mol. The highest BCUT2D eigenvalue weighted by molar-refractivity contribution is 6.04. The van der Waals surface area contributed by atoms with E-state index in [1.54, 1.807) is 29.2 Å². The largest absolute Gasteiger partial charge is 0.370 e. The number of non-ortho nitro benzene ring substituents is 1. The zero-order valence-corrected chi connectivity index (χ0v) is 13.2. The van der Waals surface area contributed by atoms with Gasteiger partial charge in [0.15, 0.2) is 0 Å². The summed E-state index contributed by atoms with van der Waals surface area (Å²) in [5.74, 6) is -0.557. The molecule has 0 bridgehead atoms. The van der Waals surface area contributed by atoms with Crippen LogP contribution in [0.5, 0.6) is 0 Å². The zero-order chi connectivity index (χ0) is 17.8. The molecule has 0 unspecified atom stereocenters. The van der Waals surface area contributed by atoms with Gasteiger partial charge in [-0.1, -0.05) is 6.07 Å². The highest BCUT2D eigenvalue weighted by Gasteiger charge is 2.20. The maximum Gasteiger partial charge on any atom is 0.270 e. The lowest BCUT2D eigenvalue weighted by atomic mass is 10.2. The van der Waals surface area contributed by atoms with Gasteiger partial charge in [0.1, 0.15) is 6.61 Å². The van der Waals surface area contributed by atoms with Crippen molar-refractivity contribution in [1.29, 1.82) is 0 Å². The number of amides is 2. The summed E-state index contributed by atoms with van der Waals surface area (Å²) in [6, 6.07) is 12.3. The molecule has 1 fully saturated rings. The molecule has 2 amide bonds. The van der Waals surface area contributed by atoms with Gasteiger partial charge in [-0.05, 0) is 30.3 Å². The van der Waals surface area contributed by atoms with Crippen LogP contribution in [-0.4, -0.2) is 36.5 Å². The first-order valence-electron chi connectivity index (χ1n) is 7.58. The topological polar surface area (TPSA) is 102 Å². The standard InChI is InChI=1S/C17H15N3O5/c21-16-11-25-9-8-19(16)14-6-4-13(5-7-14)18-17(22)12-2-1-3-15(10-12)20(23)24/h1-7,10H,8-9,11H2,(H,18,22). The maximum absolute atomic E-state index is 12.2. The van der Waals surface area contributed by atoms with Gasteiger partial charge in [-0.3, -0.25) is 19.7 Å². The lowest BCUT2D eigenvalue weighted by molar-refractivity contribution is -0.384. The third-order valence-corrected chi connectivity index (χ3v) is 3.74. The van der Waals surface area contributed by atoms with Gasteiger partial charge >= 0.3 is 0 Å². The Labute approximate surface area is 143 Å². The van der Waals surface area contributed by atoms with Crippen LogP contribution in [0.15, 0.2) is 48.5 Å². The Morgan fingerprint density at radius 1 is 1.20 bits per heavy atom. The Balaban J connectivity index is 1.71. The van der Waals surface area contributed by atoms with Gasteiger partial charge in [0.2, 0.25) is 0 Å². The smallest absolute Gasteiger partial charge is 0.270 e. The Bertz CT molecular complexity index is 819. The highest BCUT2D eigenvalue weighted by atomic mass is 16.6. The Morgan fingerprint density at radius 3 is 2.64 bits per heavy atom. The van der Waals surface area contributed by atoms with Gasteiger partial charge in [0, 0.05) is 35.6 Å². The molecule has 1 saturated heterocycles. The van der Waals surface area contributed by atoms with Crippen molar-refractivity contribution < 1.29 is 19.2 Å². The second-order valence-electron chi connectivity index (χ2n) is 5.41. The van der Waals surface area contributed by atoms with Gasteiger partial charge in [0.25, 0.3) is 17.5 Å². The molecule has 2 aromatic rings. The molecule has 0 spiro atoms. The molecular formula is C17H15N3O5. The van der Waals surface area contributed by atoms with E-state index in [4.69, 9.17) is 4.74 Å². The van der Waals surface area contributed by atoms with Gasteiger partial charge in [-0.25, -0.2) is 0 Å². The molecule has 1 heterocycles. The van der Waals surface area contributed by atoms with E-state index in [0.29, 0.717) is 18.8 Å². The first-order valence-corrected chi connectivity index (χ1v) is 7.58. The molecule has 0 aromatic heterocycles. The van der Waals surface area contributed by atoms with Crippen molar-refractivity contribution in [3.63, 3.8) is 0 Å². The third kappa shape index (κ3) is 3.81. The molecule has 1 N–H and O–H groups in total. The van der Waals surface area contributed by atoms with Crippen molar-refractivity contribution in [3.05, 3.63) is 64.2 Å². The molecule has 0 aliphatic carbocycles. The first kappa shape index (κ1) is 16.6. The number of hydrogen-bond donors (Lipinski definition) is 1. The predicted octanol–water partition coefficient (Wildman–Crippen LogP) is 2.21. The monoisotopic (exact) mass is 341 g/mol. The fourth-order valence-corrected chi connectivity index (χ4v) is 2.48. The van der Waals surface area contributed by atoms with Crippen LogP contribution in [0.3, 0.4) is 0 Å². The number of ether oxygens (including phenoxy) is 1. The van der Waals surface area contributed by atoms with E-state index in [2.05, 4.69) is 5.32 Å². The summed E-state index contributed by atoms with van der Waals surface area (Å²) >= 11 is 0. The molecule has 3 rings (SSSR count). The van der Waals surface area contributed by atoms with Crippen molar-refractivity contribution >= 4 is 28.9 Å². The number of nitrogens with zero attached hydrogens (tertiary/aromatic N) is 2. The molecular weight excluding hydrogens is 326 g/mol. The van der Waals surface area contributed by atoms with Crippen LogP contribution in [-0.2, 0) is 9.53 Å². The Morgan fingerprint density at radius 2 is 1.96 bits per heavy atom. The van der Waals surface area contributed by atoms with Gasteiger partial charge in [-0.2, -0.15) is 0 Å². The molecule has 0 radical (unpaired) electrons. The number of nitro benzene ring substituents is 1. The number of hydrogen-bond acceptors (Lipinski definition) is 5. The van der Waals surface area contributed by atoms with Crippen LogP contribution in [0.4, 0.5) is 17.1 Å². The van der Waals surface area contributed by atoms with E-state index in [0.717, 1.165) is 5.69 Å². The van der Waals surface area contributed by atoms with Crippen molar-refractivity contribution in [2.24, 2.45) is 0 Å². The van der Waals surface area contributed by atoms with Gasteiger partial charge < -0.3 is 15.0 Å². The summed E-state index contributed by atoms with van der Waals surface area (Å²) in [5, 5.41) is 13.5. The quantitative estimate of drug-likeness (QED) is 0.678. The lowest BCUT2D eigenvalue weighted by Gasteiger charge is -2.26. The molecule has 8 heteroatoms. The molecule has 0 saturated carbocycles. The van der Waals surface area contributed by atoms with E-state index < -0.39 is 10.8 Å². The molecule has 1 aliphatic rings. The summed E-state index contributed by atoms with van der Waals surface area (Å²) in [7, 11) is 0. The molecule has 2 aromatic carbocycles. The van der Waals surface area contributed by atoms with E-state index in [1.807, 2.05) is 0 Å². The summed E-state index contributed by atoms with van der Waals surface area (Å²) < 4.78 is 5.09. The number of rotatable bonds is 4. The second kappa shape index (κ2) is 7.10. The van der Waals surface area contributed by atoms with Crippen molar-refractivity contribution in [2.45, 2.75) is 0 Å². The first-order chi connectivity index (χ1) is 12.0. The molecule has 0 atom stereocenters. The van der Waals surface area contributed by atoms with Crippen LogP contribution in [0.25, 0.3) is 0 Å². The average molecular weight is 341 g/mol. The minimum Gasteiger partial charge on any atom is -0.370 e. The SMILES string of the molecule is O=C(Nc1ccc(N2CCOCC2=O)cc1)c1cccc([N+](=O)[O-])c1. The maximum atomic E-state index is 12.2. The van der Waals surface area contributed by atoms with Crippen LogP contribution in [0.1, 0.15) is 10.4 Å². The minimum absolute atomic E-state index is 0.0608. The van der Waals surface area contributed by atoms with E-state index >= 15 is 0 Å². The zero-order valence-electron chi connectivity index (χ0n) is 13.2. The van der Waals surface area contributed by atoms with E-state index in [-0.39, 0.29) is 23.8 Å². The number of anilines is 2. The highest BCUT2D eigenvalue weighted by Crippen LogP contribution is 2.20. The number of nitrogens with one attached hydrogen (secondary N) is 1. The van der Waals surface area contributed by atoms with Crippen LogP contribution >= 0.6 is 0 Å². The summed E-state index contributed by atoms with van der Waals surface area (Å²) in [6.45, 7) is 1.03. The number of carbonyl (C=O) groups excluding carboxylic acids is 2. The molecule has 25 heavy (non-hydrogen) atoms. The fourth-order valence-electron chi connectivity index (χ4n) is 2.48. The van der Waals surface area contributed by atoms with Crippen molar-refractivity contribution in [1.82, 2.24) is 0 Å². The van der Waals surface area contributed by atoms with E-state index in [1.165, 1.54) is 24.3 Å². The molecule has 128 valence electrons. The normalized spacial score (nSPS) is 14.2. The second-order valence-corrected chi connectivity index (χ2v) is 5.41. The van der Waals surface area contributed by atoms with E-state index in [9.17, 15) is 19.7 Å². The fraction of sp³-hybridized carbons (Fsp3) is 0.176. The number of nitro groups is 1. The Kier molecular flexibility index (Phi) is 4.71. The summed E-state index contributed by atoms with van der Waals surface area (Å²) in [5.41, 5.74) is 1.30. The Hall–Kier alpha value is -3.26. The van der Waals surface area contributed by atoms with Gasteiger partial charge in [-0.15, -0.1) is 0 Å². The van der Waals surface area contributed by atoms with Crippen LogP contribution in [0.2, 0.25) is 0 Å². The van der Waals surface area contributed by atoms with Crippen LogP contribution in [0, 0.1) is 10.1 Å². The van der Waals surface area contributed by atoms with Crippen LogP contribution < -0.4 is 10.2 Å². The minimum atomic E-state index is -0.551. The summed E-state index contributed by atoms with van der Waals surface area (Å²) in [6.07, 6.45) is 0. The lowest BCUT2D eigenvalue weighted by Crippen LogP contribution is -2.41. The van der Waals surface area contributed by atoms with Crippen molar-refractivity contribution in [2.75, 3.05) is 30.0 Å². The molecule has 8 nitrogen and oxygen atoms in total. The molecule has 1 aliphatic heterocycles.